The number of hydrogen-bond acceptors (Lipinski definition) is 3. The van der Waals surface area contributed by atoms with Crippen LogP contribution in [-0.2, 0) is 0 Å². The molecule has 4 N–H and O–H groups in total. The molecule has 1 aromatic carbocycles. The molecule has 0 bridgehead atoms. The summed E-state index contributed by atoms with van der Waals surface area (Å²) < 4.78 is 0. The molecule has 0 fully saturated rings. The van der Waals surface area contributed by atoms with Crippen molar-refractivity contribution >= 4 is 5.91 Å². The third kappa shape index (κ3) is 1.67. The first-order valence-corrected chi connectivity index (χ1v) is 4.31. The SMILES string of the molecule is NC(=O)c1ccc(O)c(-c2cc[nH]n2)c1. The van der Waals surface area contributed by atoms with E-state index in [1.807, 2.05) is 0 Å². The molecule has 5 nitrogen and oxygen atoms in total. The first-order valence-electron chi connectivity index (χ1n) is 4.31. The first-order chi connectivity index (χ1) is 7.18. The first kappa shape index (κ1) is 9.26. The number of aromatic nitrogens is 2. The number of rotatable bonds is 2. The van der Waals surface area contributed by atoms with Crippen LogP contribution in [0, 0.1) is 0 Å². The van der Waals surface area contributed by atoms with Crippen LogP contribution in [0.2, 0.25) is 0 Å². The fourth-order valence-electron chi connectivity index (χ4n) is 1.30. The fraction of sp³-hybridized carbons (Fsp3) is 0. The number of hydrogen-bond donors (Lipinski definition) is 3. The zero-order chi connectivity index (χ0) is 10.8. The molecule has 2 aromatic rings. The number of nitrogens with zero attached hydrogens (tertiary/aromatic N) is 1. The minimum atomic E-state index is -0.535. The molecule has 2 rings (SSSR count). The number of H-pyrrole nitrogens is 1. The number of nitrogens with two attached hydrogens (primary N) is 1. The van der Waals surface area contributed by atoms with Crippen LogP contribution in [0.4, 0.5) is 0 Å². The number of nitrogens with one attached hydrogen (secondary N) is 1. The maximum absolute atomic E-state index is 10.9. The molecule has 0 aliphatic rings. The Hall–Kier alpha value is -2.30. The summed E-state index contributed by atoms with van der Waals surface area (Å²) in [5.41, 5.74) is 6.52. The second-order valence-electron chi connectivity index (χ2n) is 3.06. The van der Waals surface area contributed by atoms with Crippen LogP contribution in [0.5, 0.6) is 5.75 Å². The van der Waals surface area contributed by atoms with Crippen LogP contribution >= 0.6 is 0 Å². The Morgan fingerprint density at radius 3 is 2.80 bits per heavy atom. The Labute approximate surface area is 85.5 Å². The number of amides is 1. The lowest BCUT2D eigenvalue weighted by atomic mass is 10.1. The van der Waals surface area contributed by atoms with Gasteiger partial charge in [-0.05, 0) is 24.3 Å². The molecule has 15 heavy (non-hydrogen) atoms. The summed E-state index contributed by atoms with van der Waals surface area (Å²) in [6, 6.07) is 6.09. The number of phenols is 1. The summed E-state index contributed by atoms with van der Waals surface area (Å²) >= 11 is 0. The van der Waals surface area contributed by atoms with Crippen molar-refractivity contribution in [3.63, 3.8) is 0 Å². The van der Waals surface area contributed by atoms with E-state index in [9.17, 15) is 9.90 Å². The van der Waals surface area contributed by atoms with Crippen LogP contribution in [0.15, 0.2) is 30.5 Å². The topological polar surface area (TPSA) is 92.0 Å². The molecule has 0 unspecified atom stereocenters. The van der Waals surface area contributed by atoms with Crippen molar-refractivity contribution in [1.82, 2.24) is 10.2 Å². The van der Waals surface area contributed by atoms with E-state index in [0.29, 0.717) is 16.8 Å². The highest BCUT2D eigenvalue weighted by Gasteiger charge is 2.09. The predicted octanol–water partition coefficient (Wildman–Crippen LogP) is 0.881. The quantitative estimate of drug-likeness (QED) is 0.676. The van der Waals surface area contributed by atoms with E-state index in [4.69, 9.17) is 5.73 Å². The molecule has 0 atom stereocenters. The van der Waals surface area contributed by atoms with Crippen molar-refractivity contribution in [1.29, 1.82) is 0 Å². The monoisotopic (exact) mass is 203 g/mol. The molecule has 0 radical (unpaired) electrons. The Morgan fingerprint density at radius 1 is 1.40 bits per heavy atom. The number of carbonyl (C=O) groups is 1. The summed E-state index contributed by atoms with van der Waals surface area (Å²) in [5, 5.41) is 16.1. The van der Waals surface area contributed by atoms with Gasteiger partial charge in [0, 0.05) is 17.3 Å². The Kier molecular flexibility index (Phi) is 2.13. The van der Waals surface area contributed by atoms with Crippen LogP contribution in [0.1, 0.15) is 10.4 Å². The lowest BCUT2D eigenvalue weighted by Gasteiger charge is -2.02. The number of aromatic amines is 1. The van der Waals surface area contributed by atoms with Crippen LogP contribution in [0.3, 0.4) is 0 Å². The zero-order valence-corrected chi connectivity index (χ0v) is 7.77. The normalized spacial score (nSPS) is 10.1. The number of primary amides is 1. The van der Waals surface area contributed by atoms with E-state index in [1.54, 1.807) is 12.3 Å². The third-order valence-corrected chi connectivity index (χ3v) is 2.06. The summed E-state index contributed by atoms with van der Waals surface area (Å²) in [5.74, 6) is -0.473. The van der Waals surface area contributed by atoms with Crippen molar-refractivity contribution in [2.45, 2.75) is 0 Å². The summed E-state index contributed by atoms with van der Waals surface area (Å²) in [6.45, 7) is 0. The van der Waals surface area contributed by atoms with Crippen LogP contribution < -0.4 is 5.73 Å². The van der Waals surface area contributed by atoms with E-state index in [1.165, 1.54) is 18.2 Å². The minimum absolute atomic E-state index is 0.0621. The Bertz CT molecular complexity index is 491. The van der Waals surface area contributed by atoms with Gasteiger partial charge in [0.2, 0.25) is 5.91 Å². The Balaban J connectivity index is 2.55. The second-order valence-corrected chi connectivity index (χ2v) is 3.06. The second kappa shape index (κ2) is 3.45. The number of phenolic OH excluding ortho intramolecular Hbond substituents is 1. The lowest BCUT2D eigenvalue weighted by Crippen LogP contribution is -2.10. The van der Waals surface area contributed by atoms with Crippen molar-refractivity contribution in [2.24, 2.45) is 5.73 Å². The summed E-state index contributed by atoms with van der Waals surface area (Å²) in [7, 11) is 0. The number of benzene rings is 1. The molecule has 0 aliphatic carbocycles. The molecule has 0 saturated carbocycles. The molecule has 1 heterocycles. The number of aromatic hydroxyl groups is 1. The molecule has 0 spiro atoms. The largest absolute Gasteiger partial charge is 0.507 e. The highest BCUT2D eigenvalue weighted by atomic mass is 16.3. The van der Waals surface area contributed by atoms with Gasteiger partial charge in [-0.2, -0.15) is 5.10 Å². The van der Waals surface area contributed by atoms with E-state index >= 15 is 0 Å². The maximum Gasteiger partial charge on any atom is 0.248 e. The van der Waals surface area contributed by atoms with E-state index < -0.39 is 5.91 Å². The van der Waals surface area contributed by atoms with Gasteiger partial charge in [-0.15, -0.1) is 0 Å². The molecule has 5 heteroatoms. The maximum atomic E-state index is 10.9. The molecular formula is C10H9N3O2. The van der Waals surface area contributed by atoms with Gasteiger partial charge in [0.1, 0.15) is 5.75 Å². The van der Waals surface area contributed by atoms with Crippen LogP contribution in [-0.4, -0.2) is 21.2 Å². The van der Waals surface area contributed by atoms with Gasteiger partial charge in [-0.25, -0.2) is 0 Å². The fourth-order valence-corrected chi connectivity index (χ4v) is 1.30. The van der Waals surface area contributed by atoms with Crippen LogP contribution in [0.25, 0.3) is 11.3 Å². The molecule has 1 aromatic heterocycles. The van der Waals surface area contributed by atoms with Gasteiger partial charge >= 0.3 is 0 Å². The molecule has 0 saturated heterocycles. The molecule has 76 valence electrons. The van der Waals surface area contributed by atoms with Gasteiger partial charge in [0.05, 0.1) is 5.69 Å². The lowest BCUT2D eigenvalue weighted by molar-refractivity contribution is 0.100. The van der Waals surface area contributed by atoms with Gasteiger partial charge < -0.3 is 10.8 Å². The highest BCUT2D eigenvalue weighted by Crippen LogP contribution is 2.27. The highest BCUT2D eigenvalue weighted by molar-refractivity contribution is 5.94. The van der Waals surface area contributed by atoms with E-state index in [-0.39, 0.29) is 5.75 Å². The van der Waals surface area contributed by atoms with E-state index in [2.05, 4.69) is 10.2 Å². The van der Waals surface area contributed by atoms with Gasteiger partial charge in [0.25, 0.3) is 0 Å². The third-order valence-electron chi connectivity index (χ3n) is 2.06. The van der Waals surface area contributed by atoms with Crippen molar-refractivity contribution in [2.75, 3.05) is 0 Å². The standard InChI is InChI=1S/C10H9N3O2/c11-10(15)6-1-2-9(14)7(5-6)8-3-4-12-13-8/h1-5,14H,(H2,11,15)(H,12,13). The van der Waals surface area contributed by atoms with Crippen molar-refractivity contribution < 1.29 is 9.90 Å². The minimum Gasteiger partial charge on any atom is -0.507 e. The average molecular weight is 203 g/mol. The average Bonchev–Trinajstić information content (AvgIpc) is 2.71. The molecular weight excluding hydrogens is 194 g/mol. The van der Waals surface area contributed by atoms with Crippen molar-refractivity contribution in [3.8, 4) is 17.0 Å². The van der Waals surface area contributed by atoms with Crippen molar-refractivity contribution in [3.05, 3.63) is 36.0 Å². The predicted molar refractivity (Wildman–Crippen MR) is 54.2 cm³/mol. The van der Waals surface area contributed by atoms with Gasteiger partial charge in [-0.1, -0.05) is 0 Å². The zero-order valence-electron chi connectivity index (χ0n) is 7.77. The van der Waals surface area contributed by atoms with Gasteiger partial charge in [0.15, 0.2) is 0 Å². The smallest absolute Gasteiger partial charge is 0.248 e. The molecule has 0 aliphatic heterocycles. The Morgan fingerprint density at radius 2 is 2.20 bits per heavy atom. The molecule has 1 amide bonds. The number of carbonyl (C=O) groups excluding carboxylic acids is 1. The van der Waals surface area contributed by atoms with Gasteiger partial charge in [-0.3, -0.25) is 9.89 Å². The summed E-state index contributed by atoms with van der Waals surface area (Å²) in [4.78, 5) is 10.9. The summed E-state index contributed by atoms with van der Waals surface area (Å²) in [6.07, 6.45) is 1.63. The van der Waals surface area contributed by atoms with E-state index in [0.717, 1.165) is 0 Å².